The zero-order chi connectivity index (χ0) is 16.4. The quantitative estimate of drug-likeness (QED) is 0.687. The Morgan fingerprint density at radius 2 is 2.18 bits per heavy atom. The van der Waals surface area contributed by atoms with Crippen LogP contribution in [0.2, 0.25) is 5.02 Å². The fourth-order valence-corrected chi connectivity index (χ4v) is 2.64. The average Bonchev–Trinajstić information content (AvgIpc) is 2.47. The Morgan fingerprint density at radius 1 is 1.50 bits per heavy atom. The van der Waals surface area contributed by atoms with Crippen LogP contribution in [0.25, 0.3) is 11.1 Å². The molecule has 0 unspecified atom stereocenters. The molecule has 0 saturated heterocycles. The second-order valence-corrected chi connectivity index (χ2v) is 5.10. The molecular weight excluding hydrogens is 304 g/mol. The van der Waals surface area contributed by atoms with E-state index in [4.69, 9.17) is 17.3 Å². The molecule has 2 N–H and O–H groups in total. The summed E-state index contributed by atoms with van der Waals surface area (Å²) in [6.07, 6.45) is 0.599. The van der Waals surface area contributed by atoms with Crippen LogP contribution in [0.4, 0.5) is 11.5 Å². The SMILES string of the molecule is CCc1c(C)nc(N)c(C#N)c1-c1cc([N+](=O)[O-])ccc1Cl. The first-order chi connectivity index (χ1) is 10.4. The number of nitro groups is 1. The fraction of sp³-hybridized carbons (Fsp3) is 0.200. The zero-order valence-electron chi connectivity index (χ0n) is 12.1. The highest BCUT2D eigenvalue weighted by atomic mass is 35.5. The number of rotatable bonds is 3. The van der Waals surface area contributed by atoms with Gasteiger partial charge in [0.25, 0.3) is 5.69 Å². The van der Waals surface area contributed by atoms with Crippen LogP contribution in [0, 0.1) is 28.4 Å². The lowest BCUT2D eigenvalue weighted by Gasteiger charge is -2.15. The smallest absolute Gasteiger partial charge is 0.270 e. The van der Waals surface area contributed by atoms with Gasteiger partial charge in [0.2, 0.25) is 0 Å². The Kier molecular flexibility index (Phi) is 4.29. The third-order valence-electron chi connectivity index (χ3n) is 3.43. The van der Waals surface area contributed by atoms with Crippen molar-refractivity contribution >= 4 is 23.1 Å². The maximum absolute atomic E-state index is 11.0. The van der Waals surface area contributed by atoms with E-state index in [0.29, 0.717) is 28.3 Å². The van der Waals surface area contributed by atoms with Gasteiger partial charge in [-0.2, -0.15) is 5.26 Å². The third-order valence-corrected chi connectivity index (χ3v) is 3.76. The van der Waals surface area contributed by atoms with E-state index in [1.54, 1.807) is 6.92 Å². The highest BCUT2D eigenvalue weighted by Gasteiger charge is 2.21. The number of halogens is 1. The number of nitrogens with zero attached hydrogens (tertiary/aromatic N) is 3. The number of aromatic nitrogens is 1. The van der Waals surface area contributed by atoms with Crippen molar-refractivity contribution in [1.29, 1.82) is 5.26 Å². The molecule has 2 rings (SSSR count). The molecule has 7 heteroatoms. The lowest BCUT2D eigenvalue weighted by molar-refractivity contribution is -0.384. The van der Waals surface area contributed by atoms with E-state index >= 15 is 0 Å². The van der Waals surface area contributed by atoms with Gasteiger partial charge in [-0.1, -0.05) is 18.5 Å². The molecule has 0 spiro atoms. The molecule has 0 radical (unpaired) electrons. The predicted molar refractivity (Wildman–Crippen MR) is 84.6 cm³/mol. The summed E-state index contributed by atoms with van der Waals surface area (Å²) >= 11 is 6.20. The zero-order valence-corrected chi connectivity index (χ0v) is 12.8. The monoisotopic (exact) mass is 316 g/mol. The average molecular weight is 317 g/mol. The first kappa shape index (κ1) is 15.7. The maximum Gasteiger partial charge on any atom is 0.270 e. The molecule has 2 aromatic rings. The van der Waals surface area contributed by atoms with Gasteiger partial charge in [-0.25, -0.2) is 4.98 Å². The Morgan fingerprint density at radius 3 is 2.73 bits per heavy atom. The number of nitrogen functional groups attached to an aromatic ring is 1. The number of nitro benzene ring substituents is 1. The first-order valence-electron chi connectivity index (χ1n) is 6.54. The predicted octanol–water partition coefficient (Wildman–Crippen LogP) is 3.63. The highest BCUT2D eigenvalue weighted by Crippen LogP contribution is 2.38. The molecule has 0 aliphatic rings. The van der Waals surface area contributed by atoms with Gasteiger partial charge in [0.1, 0.15) is 17.5 Å². The van der Waals surface area contributed by atoms with Gasteiger partial charge in [0.15, 0.2) is 0 Å². The van der Waals surface area contributed by atoms with Crippen LogP contribution in [0.15, 0.2) is 18.2 Å². The van der Waals surface area contributed by atoms with Crippen LogP contribution in [0.3, 0.4) is 0 Å². The summed E-state index contributed by atoms with van der Waals surface area (Å²) in [5.41, 5.74) is 8.33. The van der Waals surface area contributed by atoms with Crippen molar-refractivity contribution in [2.24, 2.45) is 0 Å². The summed E-state index contributed by atoms with van der Waals surface area (Å²) in [4.78, 5) is 14.7. The van der Waals surface area contributed by atoms with Crippen LogP contribution in [0.5, 0.6) is 0 Å². The van der Waals surface area contributed by atoms with E-state index in [1.807, 2.05) is 13.0 Å². The van der Waals surface area contributed by atoms with Crippen LogP contribution < -0.4 is 5.73 Å². The number of non-ortho nitro benzene ring substituents is 1. The molecule has 1 aromatic heterocycles. The second kappa shape index (κ2) is 6.00. The Balaban J connectivity index is 2.91. The second-order valence-electron chi connectivity index (χ2n) is 4.70. The summed E-state index contributed by atoms with van der Waals surface area (Å²) in [6, 6.07) is 6.15. The van der Waals surface area contributed by atoms with Gasteiger partial charge in [-0.3, -0.25) is 10.1 Å². The van der Waals surface area contributed by atoms with Gasteiger partial charge < -0.3 is 5.73 Å². The van der Waals surface area contributed by atoms with E-state index < -0.39 is 4.92 Å². The molecule has 0 atom stereocenters. The molecule has 1 heterocycles. The summed E-state index contributed by atoms with van der Waals surface area (Å²) in [7, 11) is 0. The van der Waals surface area contributed by atoms with Gasteiger partial charge in [-0.15, -0.1) is 0 Å². The van der Waals surface area contributed by atoms with Crippen molar-refractivity contribution in [1.82, 2.24) is 4.98 Å². The Hall–Kier alpha value is -2.65. The van der Waals surface area contributed by atoms with Crippen molar-refractivity contribution in [2.75, 3.05) is 5.73 Å². The summed E-state index contributed by atoms with van der Waals surface area (Å²) < 4.78 is 0. The number of hydrogen-bond donors (Lipinski definition) is 1. The molecule has 0 aliphatic carbocycles. The van der Waals surface area contributed by atoms with Gasteiger partial charge in [-0.05, 0) is 25.0 Å². The van der Waals surface area contributed by atoms with E-state index in [9.17, 15) is 15.4 Å². The van der Waals surface area contributed by atoms with Crippen molar-refractivity contribution in [2.45, 2.75) is 20.3 Å². The number of hydrogen-bond acceptors (Lipinski definition) is 5. The topological polar surface area (TPSA) is 106 Å². The number of benzene rings is 1. The largest absolute Gasteiger partial charge is 0.383 e. The number of aryl methyl sites for hydroxylation is 1. The van der Waals surface area contributed by atoms with Crippen molar-refractivity contribution in [3.8, 4) is 17.2 Å². The van der Waals surface area contributed by atoms with Crippen LogP contribution in [-0.2, 0) is 6.42 Å². The summed E-state index contributed by atoms with van der Waals surface area (Å²) in [6.45, 7) is 3.70. The normalized spacial score (nSPS) is 10.3. The van der Waals surface area contributed by atoms with E-state index in [0.717, 1.165) is 5.56 Å². The minimum atomic E-state index is -0.505. The first-order valence-corrected chi connectivity index (χ1v) is 6.91. The lowest BCUT2D eigenvalue weighted by atomic mass is 9.92. The number of anilines is 1. The van der Waals surface area contributed by atoms with Crippen LogP contribution in [0.1, 0.15) is 23.7 Å². The summed E-state index contributed by atoms with van der Waals surface area (Å²) in [5.74, 6) is 0.0924. The summed E-state index contributed by atoms with van der Waals surface area (Å²) in [5, 5.41) is 20.7. The van der Waals surface area contributed by atoms with Gasteiger partial charge in [0.05, 0.1) is 4.92 Å². The van der Waals surface area contributed by atoms with Crippen molar-refractivity contribution in [3.05, 3.63) is 50.2 Å². The van der Waals surface area contributed by atoms with Crippen molar-refractivity contribution in [3.63, 3.8) is 0 Å². The van der Waals surface area contributed by atoms with E-state index in [-0.39, 0.29) is 17.1 Å². The van der Waals surface area contributed by atoms with E-state index in [2.05, 4.69) is 4.98 Å². The number of nitrogens with two attached hydrogens (primary N) is 1. The van der Waals surface area contributed by atoms with Crippen LogP contribution in [-0.4, -0.2) is 9.91 Å². The van der Waals surface area contributed by atoms with Crippen molar-refractivity contribution < 1.29 is 4.92 Å². The molecule has 22 heavy (non-hydrogen) atoms. The van der Waals surface area contributed by atoms with Crippen LogP contribution >= 0.6 is 11.6 Å². The maximum atomic E-state index is 11.0. The minimum Gasteiger partial charge on any atom is -0.383 e. The molecule has 0 aliphatic heterocycles. The van der Waals surface area contributed by atoms with Gasteiger partial charge >= 0.3 is 0 Å². The molecule has 6 nitrogen and oxygen atoms in total. The highest BCUT2D eigenvalue weighted by molar-refractivity contribution is 6.33. The molecular formula is C15H13ClN4O2. The molecule has 1 aromatic carbocycles. The molecule has 0 amide bonds. The molecule has 0 saturated carbocycles. The molecule has 0 fully saturated rings. The van der Waals surface area contributed by atoms with E-state index in [1.165, 1.54) is 18.2 Å². The minimum absolute atomic E-state index is 0.0924. The Bertz CT molecular complexity index is 812. The molecule has 112 valence electrons. The number of pyridine rings is 1. The lowest BCUT2D eigenvalue weighted by Crippen LogP contribution is -2.05. The Labute approximate surface area is 132 Å². The number of nitriles is 1. The standard InChI is InChI=1S/C15H13ClN4O2/c1-3-10-8(2)19-15(18)12(7-17)14(10)11-6-9(20(21)22)4-5-13(11)16/h4-6H,3H2,1-2H3,(H2,18,19). The fourth-order valence-electron chi connectivity index (χ4n) is 2.43. The molecule has 0 bridgehead atoms. The third kappa shape index (κ3) is 2.59. The van der Waals surface area contributed by atoms with Gasteiger partial charge in [0, 0.05) is 34.0 Å².